The molecule has 0 aliphatic carbocycles. The van der Waals surface area contributed by atoms with E-state index in [1.807, 2.05) is 0 Å². The molecule has 0 aromatic heterocycles. The monoisotopic (exact) mass is 348 g/mol. The molecule has 1 aliphatic heterocycles. The van der Waals surface area contributed by atoms with Crippen molar-refractivity contribution in [1.29, 1.82) is 0 Å². The smallest absolute Gasteiger partial charge is 0.337 e. The van der Waals surface area contributed by atoms with Gasteiger partial charge in [0.25, 0.3) is 0 Å². The van der Waals surface area contributed by atoms with Gasteiger partial charge in [0.1, 0.15) is 5.88 Å². The van der Waals surface area contributed by atoms with Crippen LogP contribution in [0.4, 0.5) is 13.2 Å². The second-order valence-electron chi connectivity index (χ2n) is 5.04. The molecule has 0 unspecified atom stereocenters. The predicted molar refractivity (Wildman–Crippen MR) is 79.4 cm³/mol. The zero-order valence-electron chi connectivity index (χ0n) is 12.2. The summed E-state index contributed by atoms with van der Waals surface area (Å²) in [6.07, 6.45) is -2.00. The molecule has 0 saturated heterocycles. The lowest BCUT2D eigenvalue weighted by atomic mass is 10.1. The first-order chi connectivity index (χ1) is 10.9. The van der Waals surface area contributed by atoms with E-state index in [0.717, 1.165) is 17.8 Å². The van der Waals surface area contributed by atoms with E-state index < -0.39 is 11.7 Å². The molecule has 1 aromatic carbocycles. The summed E-state index contributed by atoms with van der Waals surface area (Å²) in [5.74, 6) is -0.185. The number of alkyl halides is 4. The second kappa shape index (κ2) is 7.70. The Balaban J connectivity index is 1.82. The van der Waals surface area contributed by atoms with Crippen molar-refractivity contribution >= 4 is 17.5 Å². The van der Waals surface area contributed by atoms with E-state index in [4.69, 9.17) is 16.4 Å². The standard InChI is InChI=1S/C15H16ClF3N2O2/c16-9-14(22)21-6-4-13(5-7-21)20-23-10-11-2-1-3-12(8-11)15(17,18)19/h1-4,8,20H,5-7,9-10H2. The Hall–Kier alpha value is -1.73. The Morgan fingerprint density at radius 3 is 2.78 bits per heavy atom. The number of hydroxylamine groups is 1. The average molecular weight is 349 g/mol. The number of amides is 1. The second-order valence-corrected chi connectivity index (χ2v) is 5.31. The van der Waals surface area contributed by atoms with Crippen molar-refractivity contribution in [2.45, 2.75) is 19.2 Å². The number of hydrogen-bond donors (Lipinski definition) is 1. The zero-order valence-corrected chi connectivity index (χ0v) is 13.0. The maximum Gasteiger partial charge on any atom is 0.416 e. The molecule has 0 spiro atoms. The van der Waals surface area contributed by atoms with Crippen molar-refractivity contribution in [2.24, 2.45) is 0 Å². The molecule has 1 N–H and O–H groups in total. The van der Waals surface area contributed by atoms with Crippen molar-refractivity contribution < 1.29 is 22.8 Å². The zero-order chi connectivity index (χ0) is 16.9. The lowest BCUT2D eigenvalue weighted by Crippen LogP contribution is -2.37. The van der Waals surface area contributed by atoms with Gasteiger partial charge in [0.05, 0.1) is 12.2 Å². The van der Waals surface area contributed by atoms with Crippen LogP contribution < -0.4 is 5.48 Å². The number of carbonyl (C=O) groups is 1. The molecule has 0 radical (unpaired) electrons. The van der Waals surface area contributed by atoms with Crippen molar-refractivity contribution in [2.75, 3.05) is 19.0 Å². The first-order valence-electron chi connectivity index (χ1n) is 6.97. The highest BCUT2D eigenvalue weighted by Crippen LogP contribution is 2.29. The number of halogens is 4. The highest BCUT2D eigenvalue weighted by Gasteiger charge is 2.30. The van der Waals surface area contributed by atoms with Gasteiger partial charge in [-0.1, -0.05) is 12.1 Å². The maximum atomic E-state index is 12.6. The summed E-state index contributed by atoms with van der Waals surface area (Å²) in [5, 5.41) is 0. The van der Waals surface area contributed by atoms with Crippen LogP contribution in [0.25, 0.3) is 0 Å². The van der Waals surface area contributed by atoms with E-state index in [1.165, 1.54) is 6.07 Å². The first-order valence-corrected chi connectivity index (χ1v) is 7.50. The quantitative estimate of drug-likeness (QED) is 0.657. The Bertz CT molecular complexity index is 590. The van der Waals surface area contributed by atoms with E-state index in [-0.39, 0.29) is 18.4 Å². The molecule has 0 bridgehead atoms. The SMILES string of the molecule is O=C(CCl)N1CC=C(NOCc2cccc(C(F)(F)F)c2)CC1. The molecule has 0 saturated carbocycles. The summed E-state index contributed by atoms with van der Waals surface area (Å²) in [6, 6.07) is 4.98. The van der Waals surface area contributed by atoms with Crippen molar-refractivity contribution in [3.05, 3.63) is 47.2 Å². The number of rotatable bonds is 5. The van der Waals surface area contributed by atoms with E-state index >= 15 is 0 Å². The predicted octanol–water partition coefficient (Wildman–Crippen LogP) is 3.08. The highest BCUT2D eigenvalue weighted by atomic mass is 35.5. The summed E-state index contributed by atoms with van der Waals surface area (Å²) in [4.78, 5) is 18.3. The largest absolute Gasteiger partial charge is 0.416 e. The van der Waals surface area contributed by atoms with Gasteiger partial charge < -0.3 is 4.90 Å². The fourth-order valence-corrected chi connectivity index (χ4v) is 2.29. The third-order valence-corrected chi connectivity index (χ3v) is 3.60. The Morgan fingerprint density at radius 2 is 2.17 bits per heavy atom. The van der Waals surface area contributed by atoms with Crippen LogP contribution in [0.1, 0.15) is 17.5 Å². The lowest BCUT2D eigenvalue weighted by molar-refractivity contribution is -0.137. The molecule has 1 aromatic rings. The number of carbonyl (C=O) groups excluding carboxylic acids is 1. The van der Waals surface area contributed by atoms with Gasteiger partial charge in [0.15, 0.2) is 0 Å². The summed E-state index contributed by atoms with van der Waals surface area (Å²) >= 11 is 5.49. The summed E-state index contributed by atoms with van der Waals surface area (Å²) in [5.41, 5.74) is 3.22. The molecule has 1 amide bonds. The van der Waals surface area contributed by atoms with Crippen LogP contribution in [-0.2, 0) is 22.4 Å². The van der Waals surface area contributed by atoms with Gasteiger partial charge >= 0.3 is 6.18 Å². The Morgan fingerprint density at radius 1 is 1.39 bits per heavy atom. The number of nitrogens with one attached hydrogen (secondary N) is 1. The minimum absolute atomic E-state index is 0.00554. The van der Waals surface area contributed by atoms with Crippen molar-refractivity contribution in [1.82, 2.24) is 10.4 Å². The molecule has 4 nitrogen and oxygen atoms in total. The van der Waals surface area contributed by atoms with Gasteiger partial charge in [-0.2, -0.15) is 13.2 Å². The fraction of sp³-hybridized carbons (Fsp3) is 0.400. The fourth-order valence-electron chi connectivity index (χ4n) is 2.12. The Labute approximate surface area is 136 Å². The van der Waals surface area contributed by atoms with Crippen LogP contribution in [0.2, 0.25) is 0 Å². The van der Waals surface area contributed by atoms with Crippen LogP contribution in [0.3, 0.4) is 0 Å². The first kappa shape index (κ1) is 17.6. The molecular formula is C15H16ClF3N2O2. The van der Waals surface area contributed by atoms with E-state index in [9.17, 15) is 18.0 Å². The minimum Gasteiger partial charge on any atom is -0.337 e. The van der Waals surface area contributed by atoms with Crippen molar-refractivity contribution in [3.8, 4) is 0 Å². The van der Waals surface area contributed by atoms with Crippen LogP contribution in [0, 0.1) is 0 Å². The summed E-state index contributed by atoms with van der Waals surface area (Å²) in [6.45, 7) is 0.962. The minimum atomic E-state index is -4.37. The molecule has 126 valence electrons. The van der Waals surface area contributed by atoms with Crippen LogP contribution in [0.15, 0.2) is 36.0 Å². The lowest BCUT2D eigenvalue weighted by Gasteiger charge is -2.26. The van der Waals surface area contributed by atoms with Gasteiger partial charge in [-0.25, -0.2) is 0 Å². The normalized spacial score (nSPS) is 15.3. The highest BCUT2D eigenvalue weighted by molar-refractivity contribution is 6.27. The number of benzene rings is 1. The molecule has 23 heavy (non-hydrogen) atoms. The molecule has 0 fully saturated rings. The molecule has 1 aliphatic rings. The molecule has 8 heteroatoms. The molecule has 2 rings (SSSR count). The maximum absolute atomic E-state index is 12.6. The molecule has 1 heterocycles. The van der Waals surface area contributed by atoms with Crippen LogP contribution in [0.5, 0.6) is 0 Å². The van der Waals surface area contributed by atoms with Crippen LogP contribution in [-0.4, -0.2) is 29.8 Å². The number of nitrogens with zero attached hydrogens (tertiary/aromatic N) is 1. The van der Waals surface area contributed by atoms with E-state index in [2.05, 4.69) is 5.48 Å². The number of hydrogen-bond acceptors (Lipinski definition) is 3. The van der Waals surface area contributed by atoms with Gasteiger partial charge in [-0.05, 0) is 23.8 Å². The molecule has 0 atom stereocenters. The van der Waals surface area contributed by atoms with Gasteiger partial charge in [-0.15, -0.1) is 11.6 Å². The van der Waals surface area contributed by atoms with Gasteiger partial charge in [-0.3, -0.25) is 15.1 Å². The summed E-state index contributed by atoms with van der Waals surface area (Å²) in [7, 11) is 0. The topological polar surface area (TPSA) is 41.6 Å². The molecular weight excluding hydrogens is 333 g/mol. The average Bonchev–Trinajstić information content (AvgIpc) is 2.54. The third-order valence-electron chi connectivity index (χ3n) is 3.37. The van der Waals surface area contributed by atoms with Crippen molar-refractivity contribution in [3.63, 3.8) is 0 Å². The third kappa shape index (κ3) is 5.14. The van der Waals surface area contributed by atoms with Gasteiger partial charge in [0, 0.05) is 25.2 Å². The van der Waals surface area contributed by atoms with Gasteiger partial charge in [0.2, 0.25) is 5.91 Å². The van der Waals surface area contributed by atoms with E-state index in [0.29, 0.717) is 25.1 Å². The Kier molecular flexibility index (Phi) is 5.90. The summed E-state index contributed by atoms with van der Waals surface area (Å²) < 4.78 is 37.8. The van der Waals surface area contributed by atoms with E-state index in [1.54, 1.807) is 17.0 Å². The van der Waals surface area contributed by atoms with Crippen LogP contribution >= 0.6 is 11.6 Å².